The smallest absolute Gasteiger partial charge is 0.340 e. The highest BCUT2D eigenvalue weighted by Gasteiger charge is 2.57. The summed E-state index contributed by atoms with van der Waals surface area (Å²) in [6.07, 6.45) is 0. The second kappa shape index (κ2) is 50.4. The summed E-state index contributed by atoms with van der Waals surface area (Å²) in [5.41, 5.74) is -2.86. The number of benzene rings is 6. The first-order valence-corrected chi connectivity index (χ1v) is 42.0. The van der Waals surface area contributed by atoms with Crippen LogP contribution in [0.3, 0.4) is 0 Å². The number of carbonyl (C=O) groups excluding carboxylic acids is 22. The van der Waals surface area contributed by atoms with E-state index >= 15 is 0 Å². The quantitative estimate of drug-likeness (QED) is 0.0226. The van der Waals surface area contributed by atoms with E-state index in [1.807, 2.05) is 0 Å². The van der Waals surface area contributed by atoms with E-state index in [2.05, 4.69) is 0 Å². The second-order valence-corrected chi connectivity index (χ2v) is 30.3. The Morgan fingerprint density at radius 3 is 0.725 bits per heavy atom. The molecule has 0 aromatic heterocycles. The van der Waals surface area contributed by atoms with Crippen LogP contribution in [0.5, 0.6) is 46.0 Å². The number of rotatable bonds is 44. The van der Waals surface area contributed by atoms with Crippen LogP contribution >= 0.6 is 0 Å². The molecule has 0 N–H and O–H groups in total. The molecule has 4 aliphatic heterocycles. The summed E-state index contributed by atoms with van der Waals surface area (Å²) >= 11 is 0. The summed E-state index contributed by atoms with van der Waals surface area (Å²) in [4.78, 5) is 279. The molecule has 0 radical (unpaired) electrons. The van der Waals surface area contributed by atoms with Crippen LogP contribution < -0.4 is 28.4 Å². The fraction of sp³-hybridized carbons (Fsp3) is 0.370. The van der Waals surface area contributed by atoms with Gasteiger partial charge in [0.25, 0.3) is 0 Å². The zero-order valence-electron chi connectivity index (χ0n) is 77.9. The van der Waals surface area contributed by atoms with E-state index in [4.69, 9.17) is 114 Å². The van der Waals surface area contributed by atoms with Gasteiger partial charge in [-0.3, -0.25) is 115 Å². The average molecular weight is 1990 g/mol. The minimum Gasteiger partial charge on any atom is -0.456 e. The van der Waals surface area contributed by atoms with Gasteiger partial charge in [-0.25, -0.2) is 9.59 Å². The molecule has 0 saturated carbocycles. The van der Waals surface area contributed by atoms with E-state index in [0.717, 1.165) is 92.9 Å². The molecule has 0 atom stereocenters. The van der Waals surface area contributed by atoms with Gasteiger partial charge in [0.15, 0.2) is 11.2 Å². The Morgan fingerprint density at radius 2 is 0.479 bits per heavy atom. The van der Waals surface area contributed by atoms with E-state index in [1.165, 1.54) is 70.5 Å². The maximum atomic E-state index is 14.0. The molecule has 756 valence electrons. The Labute approximate surface area is 803 Å². The average Bonchev–Trinajstić information content (AvgIpc) is 1.48. The number of carbonyl (C=O) groups is 22. The van der Waals surface area contributed by atoms with Gasteiger partial charge in [0.05, 0.1) is 74.6 Å². The molecule has 142 heavy (non-hydrogen) atoms. The number of hydrogen-bond donors (Lipinski definition) is 0. The number of nitrogens with zero attached hydrogens (tertiary/aromatic N) is 4. The van der Waals surface area contributed by atoms with Crippen molar-refractivity contribution in [1.82, 2.24) is 19.6 Å². The molecule has 6 aromatic carbocycles. The Hall–Kier alpha value is -16.9. The molecule has 4 aliphatic rings. The Bertz CT molecular complexity index is 5460. The normalized spacial score (nSPS) is 12.4. The summed E-state index contributed by atoms with van der Waals surface area (Å²) in [6.45, 7) is -0.919. The molecule has 0 unspecified atom stereocenters. The molecule has 10 rings (SSSR count). The van der Waals surface area contributed by atoms with Crippen LogP contribution in [0.4, 0.5) is 0 Å². The molecule has 0 saturated heterocycles. The van der Waals surface area contributed by atoms with Gasteiger partial charge in [0.2, 0.25) is 54.3 Å². The van der Waals surface area contributed by atoms with Crippen LogP contribution in [0.25, 0.3) is 0 Å². The standard InChI is InChI=1S/2C46H46N2O23/c1-25(49)60-21-64-41(55)17-47(18-42(56)65-22-61-26(2)50)15-31-11-35-39(13-37(31)68-29(5)53)70-40-14-38(69-30(6)54)32(12-36(40)46(35)34-10-8-7-9-33(34)45(59)71-46)16-48(19-43(57)66-23-62-27(3)51)20-44(58)67-24-63-28(4)52;1-25(49)60-21-64-39(55)17-47(18-40(56)65-22-61-26(2)50)15-32-37(68-29(5)53)13-11-35-43(32)70-44-33(16-48(19-41(57)66-23-62-27(3)51)20-42(58)67-24-63-28(4)52)38(69-30(6)54)14-12-36(44)46(35)34-10-8-7-9-31(34)45(59)71-46/h2*7-14H,15-24H2,1-6H3. The van der Waals surface area contributed by atoms with E-state index in [9.17, 15) is 105 Å². The molecule has 0 bridgehead atoms. The van der Waals surface area contributed by atoms with Gasteiger partial charge in [-0.2, -0.15) is 0 Å². The van der Waals surface area contributed by atoms with Crippen molar-refractivity contribution in [1.29, 1.82) is 0 Å². The van der Waals surface area contributed by atoms with Crippen LogP contribution in [0.2, 0.25) is 0 Å². The third-order valence-corrected chi connectivity index (χ3v) is 19.5. The first kappa shape index (κ1) is 109. The second-order valence-electron chi connectivity index (χ2n) is 30.3. The lowest BCUT2D eigenvalue weighted by molar-refractivity contribution is -0.171. The zero-order valence-corrected chi connectivity index (χ0v) is 77.9. The van der Waals surface area contributed by atoms with Crippen molar-refractivity contribution in [2.75, 3.05) is 107 Å². The van der Waals surface area contributed by atoms with E-state index < -0.39 is 275 Å². The highest BCUT2D eigenvalue weighted by Crippen LogP contribution is 2.61. The number of fused-ring (bicyclic) bond motifs is 12. The fourth-order valence-corrected chi connectivity index (χ4v) is 14.1. The number of ether oxygens (including phenoxy) is 24. The molecule has 6 aromatic rings. The lowest BCUT2D eigenvalue weighted by atomic mass is 9.76. The predicted octanol–water partition coefficient (Wildman–Crippen LogP) is 3.93. The molecule has 0 amide bonds. The van der Waals surface area contributed by atoms with Gasteiger partial charge in [0, 0.05) is 166 Å². The van der Waals surface area contributed by atoms with Crippen LogP contribution in [-0.4, -0.2) is 258 Å². The molecular weight excluding hydrogens is 1900 g/mol. The van der Waals surface area contributed by atoms with Crippen molar-refractivity contribution in [3.05, 3.63) is 164 Å². The predicted molar refractivity (Wildman–Crippen MR) is 458 cm³/mol. The van der Waals surface area contributed by atoms with Crippen LogP contribution in [0.15, 0.2) is 97.1 Å². The molecule has 50 heteroatoms. The van der Waals surface area contributed by atoms with Crippen LogP contribution in [0, 0.1) is 0 Å². The number of hydrogen-bond acceptors (Lipinski definition) is 50. The largest absolute Gasteiger partial charge is 0.456 e. The van der Waals surface area contributed by atoms with Crippen molar-refractivity contribution >= 4 is 131 Å². The molecule has 4 heterocycles. The van der Waals surface area contributed by atoms with Crippen molar-refractivity contribution in [2.45, 2.75) is 120 Å². The van der Waals surface area contributed by atoms with Crippen molar-refractivity contribution in [3.8, 4) is 46.0 Å². The van der Waals surface area contributed by atoms with Gasteiger partial charge in [-0.15, -0.1) is 0 Å². The summed E-state index contributed by atoms with van der Waals surface area (Å²) < 4.78 is 126. The summed E-state index contributed by atoms with van der Waals surface area (Å²) in [7, 11) is 0. The Balaban J connectivity index is 0.000000317. The molecule has 50 nitrogen and oxygen atoms in total. The molecule has 2 spiro atoms. The molecular formula is C92H92N4O46. The Morgan fingerprint density at radius 1 is 0.246 bits per heavy atom. The first-order valence-electron chi connectivity index (χ1n) is 42.0. The third-order valence-electron chi connectivity index (χ3n) is 19.5. The summed E-state index contributed by atoms with van der Waals surface area (Å²) in [5, 5.41) is 0. The maximum Gasteiger partial charge on any atom is 0.340 e. The van der Waals surface area contributed by atoms with Gasteiger partial charge in [-0.1, -0.05) is 36.4 Å². The topological polar surface area (TPSA) is 610 Å². The SMILES string of the molecule is CC(=O)OCOC(=O)CN(CC(=O)OCOC(C)=O)Cc1c(OC(C)=O)ccc2c1Oc1c(ccc(OC(C)=O)c1CN(CC(=O)OCOC(C)=O)CC(=O)OCOC(C)=O)C21OC(=O)c2ccccc21.CC(=O)OCOC(=O)CN(CC(=O)OCOC(C)=O)Cc1cc2c(cc1OC(C)=O)Oc1cc(OC(C)=O)c(CN(CC(=O)OCOC(C)=O)CC(=O)OCOC(C)=O)cc1C21OC(=O)c2ccccc21. The van der Waals surface area contributed by atoms with E-state index in [-0.39, 0.29) is 113 Å². The van der Waals surface area contributed by atoms with Gasteiger partial charge < -0.3 is 114 Å². The third kappa shape index (κ3) is 30.5. The molecule has 0 fully saturated rings. The maximum absolute atomic E-state index is 14.0. The van der Waals surface area contributed by atoms with E-state index in [1.54, 1.807) is 36.4 Å². The van der Waals surface area contributed by atoms with E-state index in [0.29, 0.717) is 0 Å². The summed E-state index contributed by atoms with van der Waals surface area (Å²) in [5.74, 6) is -20.5. The van der Waals surface area contributed by atoms with Crippen LogP contribution in [-0.2, 0) is 219 Å². The summed E-state index contributed by atoms with van der Waals surface area (Å²) in [6, 6.07) is 23.6. The fourth-order valence-electron chi connectivity index (χ4n) is 14.1. The lowest BCUT2D eigenvalue weighted by Gasteiger charge is -2.39. The minimum absolute atomic E-state index is 0.0654. The van der Waals surface area contributed by atoms with Gasteiger partial charge in [0.1, 0.15) is 46.0 Å². The van der Waals surface area contributed by atoms with Gasteiger partial charge in [-0.05, 0) is 48.5 Å². The van der Waals surface area contributed by atoms with Crippen molar-refractivity contribution in [2.24, 2.45) is 0 Å². The zero-order chi connectivity index (χ0) is 104. The van der Waals surface area contributed by atoms with Crippen molar-refractivity contribution in [3.63, 3.8) is 0 Å². The molecule has 0 aliphatic carbocycles. The Kier molecular flexibility index (Phi) is 38.6. The highest BCUT2D eigenvalue weighted by atomic mass is 16.7. The van der Waals surface area contributed by atoms with Gasteiger partial charge >= 0.3 is 131 Å². The van der Waals surface area contributed by atoms with Crippen molar-refractivity contribution < 1.29 is 219 Å². The lowest BCUT2D eigenvalue weighted by Crippen LogP contribution is -2.38. The van der Waals surface area contributed by atoms with Crippen LogP contribution in [0.1, 0.15) is 159 Å². The minimum atomic E-state index is -1.96. The first-order chi connectivity index (χ1) is 67.3. The number of esters is 22. The highest BCUT2D eigenvalue weighted by molar-refractivity contribution is 5.99. The monoisotopic (exact) mass is 1990 g/mol.